The summed E-state index contributed by atoms with van der Waals surface area (Å²) in [5.41, 5.74) is 0.738. The summed E-state index contributed by atoms with van der Waals surface area (Å²) in [7, 11) is -1.94. The van der Waals surface area contributed by atoms with Crippen LogP contribution in [0.3, 0.4) is 0 Å². The van der Waals surface area contributed by atoms with E-state index >= 15 is 0 Å². The van der Waals surface area contributed by atoms with E-state index in [4.69, 9.17) is 27.9 Å². The maximum Gasteiger partial charge on any atom is 0.244 e. The SMILES string of the molecule is COCC1CCN(S(=O)(=O)c2cc(CCl)ccc2Cl)C1. The molecule has 0 spiro atoms. The van der Waals surface area contributed by atoms with Gasteiger partial charge in [-0.15, -0.1) is 11.6 Å². The first-order valence-electron chi connectivity index (χ1n) is 6.32. The highest BCUT2D eigenvalue weighted by atomic mass is 35.5. The lowest BCUT2D eigenvalue weighted by Crippen LogP contribution is -2.29. The van der Waals surface area contributed by atoms with Crippen molar-refractivity contribution in [2.75, 3.05) is 26.8 Å². The molecule has 1 saturated heterocycles. The number of ether oxygens (including phenoxy) is 1. The lowest BCUT2D eigenvalue weighted by atomic mass is 10.1. The van der Waals surface area contributed by atoms with Gasteiger partial charge in [0.15, 0.2) is 0 Å². The number of rotatable bonds is 5. The second kappa shape index (κ2) is 6.62. The van der Waals surface area contributed by atoms with Crippen molar-refractivity contribution in [3.8, 4) is 0 Å². The predicted octanol–water partition coefficient (Wildman–Crippen LogP) is 2.74. The standard InChI is InChI=1S/C13H17Cl2NO3S/c1-19-9-11-4-5-16(8-11)20(17,18)13-6-10(7-14)2-3-12(13)15/h2-3,6,11H,4-5,7-9H2,1H3. The number of nitrogens with zero attached hydrogens (tertiary/aromatic N) is 1. The summed E-state index contributed by atoms with van der Waals surface area (Å²) in [5, 5.41) is 0.231. The molecular formula is C13H17Cl2NO3S. The van der Waals surface area contributed by atoms with E-state index in [9.17, 15) is 8.42 Å². The number of alkyl halides is 1. The summed E-state index contributed by atoms with van der Waals surface area (Å²) in [4.78, 5) is 0.135. The van der Waals surface area contributed by atoms with Crippen LogP contribution in [-0.4, -0.2) is 39.5 Å². The Bertz CT molecular complexity index is 577. The minimum Gasteiger partial charge on any atom is -0.384 e. The first kappa shape index (κ1) is 16.0. The van der Waals surface area contributed by atoms with Crippen LogP contribution in [0.15, 0.2) is 23.1 Å². The maximum absolute atomic E-state index is 12.6. The van der Waals surface area contributed by atoms with E-state index in [1.54, 1.807) is 25.3 Å². The minimum absolute atomic E-state index is 0.135. The number of hydrogen-bond donors (Lipinski definition) is 0. The summed E-state index contributed by atoms with van der Waals surface area (Å²) in [6.07, 6.45) is 0.805. The Hall–Kier alpha value is -0.330. The van der Waals surface area contributed by atoms with Gasteiger partial charge in [0.05, 0.1) is 11.6 Å². The van der Waals surface area contributed by atoms with Gasteiger partial charge in [0.2, 0.25) is 10.0 Å². The van der Waals surface area contributed by atoms with Crippen LogP contribution in [0.25, 0.3) is 0 Å². The first-order chi connectivity index (χ1) is 9.48. The van der Waals surface area contributed by atoms with Gasteiger partial charge in [-0.1, -0.05) is 17.7 Å². The Morgan fingerprint density at radius 3 is 2.85 bits per heavy atom. The van der Waals surface area contributed by atoms with Crippen LogP contribution in [-0.2, 0) is 20.6 Å². The average molecular weight is 338 g/mol. The zero-order valence-corrected chi connectivity index (χ0v) is 13.5. The van der Waals surface area contributed by atoms with Crippen LogP contribution in [0.1, 0.15) is 12.0 Å². The van der Waals surface area contributed by atoms with Crippen LogP contribution in [0.5, 0.6) is 0 Å². The van der Waals surface area contributed by atoms with Crippen LogP contribution >= 0.6 is 23.2 Å². The van der Waals surface area contributed by atoms with Gasteiger partial charge < -0.3 is 4.74 Å². The second-order valence-electron chi connectivity index (χ2n) is 4.87. The molecule has 0 saturated carbocycles. The van der Waals surface area contributed by atoms with Gasteiger partial charge in [0.25, 0.3) is 0 Å². The van der Waals surface area contributed by atoms with E-state index < -0.39 is 10.0 Å². The van der Waals surface area contributed by atoms with Crippen molar-refractivity contribution in [2.45, 2.75) is 17.2 Å². The second-order valence-corrected chi connectivity index (χ2v) is 7.45. The number of methoxy groups -OCH3 is 1. The first-order valence-corrected chi connectivity index (χ1v) is 8.67. The molecule has 1 fully saturated rings. The Morgan fingerprint density at radius 1 is 1.45 bits per heavy atom. The molecule has 0 bridgehead atoms. The number of halogens is 2. The maximum atomic E-state index is 12.6. The molecule has 7 heteroatoms. The highest BCUT2D eigenvalue weighted by Crippen LogP contribution is 2.30. The summed E-state index contributed by atoms with van der Waals surface area (Å²) in [5.74, 6) is 0.496. The highest BCUT2D eigenvalue weighted by molar-refractivity contribution is 7.89. The fraction of sp³-hybridized carbons (Fsp3) is 0.538. The topological polar surface area (TPSA) is 46.6 Å². The van der Waals surface area contributed by atoms with Crippen LogP contribution in [0.4, 0.5) is 0 Å². The molecule has 1 aliphatic heterocycles. The van der Waals surface area contributed by atoms with Gasteiger partial charge in [-0.05, 0) is 30.0 Å². The normalized spacial score (nSPS) is 20.4. The van der Waals surface area contributed by atoms with E-state index in [1.807, 2.05) is 0 Å². The molecule has 0 amide bonds. The van der Waals surface area contributed by atoms with E-state index in [0.717, 1.165) is 12.0 Å². The molecule has 1 unspecified atom stereocenters. The quantitative estimate of drug-likeness (QED) is 0.776. The number of benzene rings is 1. The molecule has 4 nitrogen and oxygen atoms in total. The van der Waals surface area contributed by atoms with Crippen LogP contribution < -0.4 is 0 Å². The van der Waals surface area contributed by atoms with E-state index in [2.05, 4.69) is 0 Å². The van der Waals surface area contributed by atoms with Gasteiger partial charge in [0.1, 0.15) is 4.90 Å². The molecule has 0 aromatic heterocycles. The molecule has 0 N–H and O–H groups in total. The molecule has 20 heavy (non-hydrogen) atoms. The molecule has 1 heterocycles. The average Bonchev–Trinajstić information content (AvgIpc) is 2.89. The lowest BCUT2D eigenvalue weighted by molar-refractivity contribution is 0.157. The molecule has 1 aromatic carbocycles. The van der Waals surface area contributed by atoms with Crippen LogP contribution in [0, 0.1) is 5.92 Å². The molecule has 2 rings (SSSR count). The van der Waals surface area contributed by atoms with E-state index in [1.165, 1.54) is 4.31 Å². The third kappa shape index (κ3) is 3.28. The largest absolute Gasteiger partial charge is 0.384 e. The fourth-order valence-corrected chi connectivity index (χ4v) is 4.58. The number of hydrogen-bond acceptors (Lipinski definition) is 3. The lowest BCUT2D eigenvalue weighted by Gasteiger charge is -2.18. The highest BCUT2D eigenvalue weighted by Gasteiger charge is 2.33. The Balaban J connectivity index is 2.27. The Morgan fingerprint density at radius 2 is 2.20 bits per heavy atom. The van der Waals surface area contributed by atoms with Crippen molar-refractivity contribution < 1.29 is 13.2 Å². The van der Waals surface area contributed by atoms with Gasteiger partial charge in [0, 0.05) is 26.1 Å². The third-order valence-corrected chi connectivity index (χ3v) is 6.07. The van der Waals surface area contributed by atoms with Gasteiger partial charge in [-0.3, -0.25) is 0 Å². The summed E-state index contributed by atoms with van der Waals surface area (Å²) in [6.45, 7) is 1.54. The van der Waals surface area contributed by atoms with Crippen molar-refractivity contribution in [2.24, 2.45) is 5.92 Å². The van der Waals surface area contributed by atoms with Crippen molar-refractivity contribution in [3.05, 3.63) is 28.8 Å². The van der Waals surface area contributed by atoms with Crippen LogP contribution in [0.2, 0.25) is 5.02 Å². The Labute approximate surface area is 129 Å². The van der Waals surface area contributed by atoms with Gasteiger partial charge >= 0.3 is 0 Å². The predicted molar refractivity (Wildman–Crippen MR) is 79.8 cm³/mol. The molecule has 1 aliphatic rings. The van der Waals surface area contributed by atoms with Crippen molar-refractivity contribution in [1.82, 2.24) is 4.31 Å². The summed E-state index contributed by atoms with van der Waals surface area (Å²) < 4.78 is 31.8. The molecule has 112 valence electrons. The Kier molecular flexibility index (Phi) is 5.31. The van der Waals surface area contributed by atoms with E-state index in [0.29, 0.717) is 19.7 Å². The zero-order chi connectivity index (χ0) is 14.8. The molecular weight excluding hydrogens is 321 g/mol. The summed E-state index contributed by atoms with van der Waals surface area (Å²) in [6, 6.07) is 4.86. The molecule has 1 aromatic rings. The number of sulfonamides is 1. The summed E-state index contributed by atoms with van der Waals surface area (Å²) >= 11 is 11.8. The fourth-order valence-electron chi connectivity index (χ4n) is 2.35. The molecule has 1 atom stereocenters. The van der Waals surface area contributed by atoms with Crippen molar-refractivity contribution in [1.29, 1.82) is 0 Å². The van der Waals surface area contributed by atoms with Crippen molar-refractivity contribution in [3.63, 3.8) is 0 Å². The van der Waals surface area contributed by atoms with Gasteiger partial charge in [-0.25, -0.2) is 8.42 Å². The smallest absolute Gasteiger partial charge is 0.244 e. The monoisotopic (exact) mass is 337 g/mol. The third-order valence-electron chi connectivity index (χ3n) is 3.42. The minimum atomic E-state index is -3.57. The molecule has 0 radical (unpaired) electrons. The molecule has 0 aliphatic carbocycles. The van der Waals surface area contributed by atoms with Crippen molar-refractivity contribution >= 4 is 33.2 Å². The zero-order valence-electron chi connectivity index (χ0n) is 11.2. The van der Waals surface area contributed by atoms with Gasteiger partial charge in [-0.2, -0.15) is 4.31 Å². The van der Waals surface area contributed by atoms with E-state index in [-0.39, 0.29) is 21.7 Å².